The van der Waals surface area contributed by atoms with Crippen molar-refractivity contribution in [3.63, 3.8) is 0 Å². The highest BCUT2D eigenvalue weighted by Crippen LogP contribution is 2.44. The molecule has 10 heteroatoms. The Morgan fingerprint density at radius 1 is 1.00 bits per heavy atom. The third kappa shape index (κ3) is 7.84. The van der Waals surface area contributed by atoms with E-state index in [4.69, 9.17) is 9.72 Å². The molecule has 3 aromatic rings. The van der Waals surface area contributed by atoms with Crippen LogP contribution in [0.25, 0.3) is 22.4 Å². The molecule has 2 saturated carbocycles. The van der Waals surface area contributed by atoms with E-state index in [1.807, 2.05) is 60.7 Å². The number of rotatable bonds is 8. The van der Waals surface area contributed by atoms with Crippen LogP contribution in [0.2, 0.25) is 0 Å². The lowest BCUT2D eigenvalue weighted by atomic mass is 9.70. The molecule has 46 heavy (non-hydrogen) atoms. The van der Waals surface area contributed by atoms with Gasteiger partial charge in [0, 0.05) is 43.5 Å². The first kappa shape index (κ1) is 32.9. The average Bonchev–Trinajstić information content (AvgIpc) is 2.99. The Morgan fingerprint density at radius 3 is 2.24 bits per heavy atom. The van der Waals surface area contributed by atoms with Gasteiger partial charge in [0.15, 0.2) is 0 Å². The maximum absolute atomic E-state index is 14.1. The molecule has 5 rings (SSSR count). The van der Waals surface area contributed by atoms with E-state index in [2.05, 4.69) is 10.6 Å². The lowest BCUT2D eigenvalue weighted by Gasteiger charge is -2.45. The number of alkyl halides is 1. The number of alkyl carbamates (subject to hydrolysis) is 1. The van der Waals surface area contributed by atoms with Crippen LogP contribution in [0, 0.1) is 5.92 Å². The predicted octanol–water partition coefficient (Wildman–Crippen LogP) is 7.76. The van der Waals surface area contributed by atoms with Crippen molar-refractivity contribution < 1.29 is 28.6 Å². The first-order valence-electron chi connectivity index (χ1n) is 15.9. The first-order chi connectivity index (χ1) is 21.8. The van der Waals surface area contributed by atoms with Gasteiger partial charge in [-0.25, -0.2) is 14.0 Å². The van der Waals surface area contributed by atoms with E-state index in [9.17, 15) is 23.9 Å². The number of carbonyl (C=O) groups is 3. The summed E-state index contributed by atoms with van der Waals surface area (Å²) < 4.78 is 19.6. The molecule has 1 heterocycles. The van der Waals surface area contributed by atoms with Crippen LogP contribution in [0.3, 0.4) is 0 Å². The van der Waals surface area contributed by atoms with Crippen molar-refractivity contribution in [1.29, 1.82) is 0 Å². The van der Waals surface area contributed by atoms with Gasteiger partial charge in [-0.15, -0.1) is 0 Å². The monoisotopic (exact) mass is 630 g/mol. The summed E-state index contributed by atoms with van der Waals surface area (Å²) in [5.41, 5.74) is 3.23. The summed E-state index contributed by atoms with van der Waals surface area (Å²) in [6.07, 6.45) is 2.98. The lowest BCUT2D eigenvalue weighted by Crippen LogP contribution is -2.56. The maximum Gasteiger partial charge on any atom is 0.408 e. The second-order valence-corrected chi connectivity index (χ2v) is 13.6. The van der Waals surface area contributed by atoms with E-state index >= 15 is 0 Å². The molecule has 1 aromatic heterocycles. The number of nitrogens with zero attached hydrogens (tertiary/aromatic N) is 2. The highest BCUT2D eigenvalue weighted by molar-refractivity contribution is 5.93. The molecule has 0 spiro atoms. The Labute approximate surface area is 269 Å². The van der Waals surface area contributed by atoms with Gasteiger partial charge in [-0.1, -0.05) is 54.6 Å². The minimum absolute atomic E-state index is 0.00263. The van der Waals surface area contributed by atoms with Crippen LogP contribution in [0.15, 0.2) is 66.9 Å². The molecular formula is C36H43FN4O5. The maximum atomic E-state index is 14.1. The second-order valence-electron chi connectivity index (χ2n) is 13.6. The third-order valence-electron chi connectivity index (χ3n) is 8.99. The van der Waals surface area contributed by atoms with Crippen LogP contribution in [-0.4, -0.2) is 57.9 Å². The number of carboxylic acid groups (broad SMARTS) is 1. The van der Waals surface area contributed by atoms with E-state index in [1.165, 1.54) is 4.90 Å². The predicted molar refractivity (Wildman–Crippen MR) is 175 cm³/mol. The molecule has 2 aliphatic carbocycles. The van der Waals surface area contributed by atoms with Gasteiger partial charge in [-0.3, -0.25) is 9.78 Å². The Bertz CT molecular complexity index is 1540. The molecule has 0 unspecified atom stereocenters. The van der Waals surface area contributed by atoms with Crippen molar-refractivity contribution in [2.24, 2.45) is 5.92 Å². The van der Waals surface area contributed by atoms with Gasteiger partial charge in [0.1, 0.15) is 11.8 Å². The fraction of sp³-hybridized carbons (Fsp3) is 0.444. The molecule has 2 fully saturated rings. The molecule has 0 saturated heterocycles. The lowest BCUT2D eigenvalue weighted by molar-refractivity contribution is -0.117. The Balaban J connectivity index is 1.32. The highest BCUT2D eigenvalue weighted by atomic mass is 19.1. The molecule has 0 atom stereocenters. The fourth-order valence-corrected chi connectivity index (χ4v) is 6.52. The van der Waals surface area contributed by atoms with Gasteiger partial charge in [0.2, 0.25) is 5.91 Å². The Hall–Kier alpha value is -4.47. The quantitative estimate of drug-likeness (QED) is 0.234. The molecule has 9 nitrogen and oxygen atoms in total. The molecule has 244 valence electrons. The zero-order valence-electron chi connectivity index (χ0n) is 26.9. The van der Waals surface area contributed by atoms with Crippen molar-refractivity contribution in [3.05, 3.63) is 72.4 Å². The summed E-state index contributed by atoms with van der Waals surface area (Å²) in [5.74, 6) is 0.108. The number of amides is 3. The van der Waals surface area contributed by atoms with Crippen molar-refractivity contribution in [3.8, 4) is 22.4 Å². The van der Waals surface area contributed by atoms with E-state index < -0.39 is 29.5 Å². The second kappa shape index (κ2) is 13.5. The summed E-state index contributed by atoms with van der Waals surface area (Å²) >= 11 is 0. The topological polar surface area (TPSA) is 121 Å². The van der Waals surface area contributed by atoms with Crippen LogP contribution in [-0.2, 0) is 15.1 Å². The number of ether oxygens (including phenoxy) is 1. The van der Waals surface area contributed by atoms with Crippen LogP contribution >= 0.6 is 0 Å². The zero-order chi connectivity index (χ0) is 33.1. The zero-order valence-corrected chi connectivity index (χ0v) is 26.9. The number of aromatic nitrogens is 1. The molecule has 3 amide bonds. The van der Waals surface area contributed by atoms with Gasteiger partial charge < -0.3 is 25.4 Å². The summed E-state index contributed by atoms with van der Waals surface area (Å²) in [6, 6.07) is 19.4. The summed E-state index contributed by atoms with van der Waals surface area (Å²) in [5, 5.41) is 15.2. The normalized spacial score (nSPS) is 22.7. The minimum atomic E-state index is -1.00. The van der Waals surface area contributed by atoms with E-state index in [-0.39, 0.29) is 30.7 Å². The van der Waals surface area contributed by atoms with Crippen molar-refractivity contribution in [1.82, 2.24) is 15.2 Å². The van der Waals surface area contributed by atoms with Crippen LogP contribution < -0.4 is 10.6 Å². The van der Waals surface area contributed by atoms with Gasteiger partial charge >= 0.3 is 12.2 Å². The number of hydrogen-bond donors (Lipinski definition) is 3. The Morgan fingerprint density at radius 2 is 1.65 bits per heavy atom. The highest BCUT2D eigenvalue weighted by Gasteiger charge is 2.48. The summed E-state index contributed by atoms with van der Waals surface area (Å²) in [6.45, 7) is 5.37. The SMILES string of the molecule is CN(C(=O)O)[C@H]1CC[C@H](CC(=O)Nc2cnc(-c3ccc(C4(NC(=O)OC(C)(C)C)CC(F)C4)cc3)c(-c3ccccc3)c2)CC1. The van der Waals surface area contributed by atoms with Crippen LogP contribution in [0.1, 0.15) is 71.3 Å². The van der Waals surface area contributed by atoms with Crippen LogP contribution in [0.4, 0.5) is 19.7 Å². The number of pyridine rings is 1. The molecule has 3 N–H and O–H groups in total. The van der Waals surface area contributed by atoms with E-state index in [0.29, 0.717) is 12.1 Å². The van der Waals surface area contributed by atoms with Gasteiger partial charge in [0.05, 0.1) is 23.1 Å². The van der Waals surface area contributed by atoms with E-state index in [0.717, 1.165) is 53.6 Å². The number of benzene rings is 2. The molecule has 0 aliphatic heterocycles. The number of carbonyl (C=O) groups excluding carboxylic acids is 2. The first-order valence-corrected chi connectivity index (χ1v) is 15.9. The Kier molecular flexibility index (Phi) is 9.65. The number of halogens is 1. The number of nitrogens with one attached hydrogen (secondary N) is 2. The van der Waals surface area contributed by atoms with Crippen LogP contribution in [0.5, 0.6) is 0 Å². The third-order valence-corrected chi connectivity index (χ3v) is 8.99. The summed E-state index contributed by atoms with van der Waals surface area (Å²) in [7, 11) is 1.60. The smallest absolute Gasteiger partial charge is 0.408 e. The molecular weight excluding hydrogens is 587 g/mol. The molecule has 0 radical (unpaired) electrons. The average molecular weight is 631 g/mol. The molecule has 0 bridgehead atoms. The van der Waals surface area contributed by atoms with Gasteiger partial charge in [0.25, 0.3) is 0 Å². The minimum Gasteiger partial charge on any atom is -0.465 e. The standard InChI is InChI=1S/C36H43FN4O5/c1-35(2,3)46-33(43)40-36(20-27(37)21-36)26-14-12-25(13-15-26)32-30(24-8-6-5-7-9-24)19-28(22-38-32)39-31(42)18-23-10-16-29(17-11-23)41(4)34(44)45/h5-9,12-15,19,22-23,27,29H,10-11,16-18,20-21H2,1-4H3,(H,39,42)(H,40,43)(H,44,45)/t23-,27?,29-,36?. The fourth-order valence-electron chi connectivity index (χ4n) is 6.52. The van der Waals surface area contributed by atoms with Crippen molar-refractivity contribution in [2.75, 3.05) is 12.4 Å². The van der Waals surface area contributed by atoms with Crippen molar-refractivity contribution in [2.45, 2.75) is 89.1 Å². The largest absolute Gasteiger partial charge is 0.465 e. The molecule has 2 aromatic carbocycles. The number of hydrogen-bond acceptors (Lipinski definition) is 5. The van der Waals surface area contributed by atoms with Crippen molar-refractivity contribution >= 4 is 23.8 Å². The van der Waals surface area contributed by atoms with E-state index in [1.54, 1.807) is 34.0 Å². The summed E-state index contributed by atoms with van der Waals surface area (Å²) in [4.78, 5) is 43.1. The van der Waals surface area contributed by atoms with Gasteiger partial charge in [-0.2, -0.15) is 0 Å². The molecule has 2 aliphatic rings. The van der Waals surface area contributed by atoms with Gasteiger partial charge in [-0.05, 0) is 69.6 Å². The number of anilines is 1.